The fraction of sp³-hybridized carbons (Fsp3) is 0.250. The predicted octanol–water partition coefficient (Wildman–Crippen LogP) is 3.57. The van der Waals surface area contributed by atoms with Gasteiger partial charge < -0.3 is 9.47 Å². The molecule has 90 valence electrons. The van der Waals surface area contributed by atoms with E-state index in [-0.39, 0.29) is 0 Å². The Morgan fingerprint density at radius 3 is 2.71 bits per heavy atom. The third-order valence-electron chi connectivity index (χ3n) is 2.35. The number of ether oxygens (including phenoxy) is 2. The van der Waals surface area contributed by atoms with Crippen LogP contribution < -0.4 is 9.47 Å². The minimum absolute atomic E-state index is 0.428. The molecule has 0 saturated carbocycles. The first kappa shape index (κ1) is 12.2. The molecule has 0 aliphatic carbocycles. The second-order valence-electron chi connectivity index (χ2n) is 3.33. The van der Waals surface area contributed by atoms with Gasteiger partial charge in [-0.2, -0.15) is 0 Å². The van der Waals surface area contributed by atoms with Crippen molar-refractivity contribution in [3.63, 3.8) is 0 Å². The molecule has 0 spiro atoms. The fourth-order valence-corrected chi connectivity index (χ4v) is 2.40. The van der Waals surface area contributed by atoms with E-state index in [1.54, 1.807) is 14.2 Å². The van der Waals surface area contributed by atoms with Crippen molar-refractivity contribution in [1.29, 1.82) is 0 Å². The molecule has 0 aliphatic rings. The average molecular weight is 270 g/mol. The number of rotatable bonds is 4. The van der Waals surface area contributed by atoms with Crippen molar-refractivity contribution in [3.8, 4) is 22.8 Å². The maximum absolute atomic E-state index is 5.75. The molecular weight excluding hydrogens is 258 g/mol. The van der Waals surface area contributed by atoms with Gasteiger partial charge in [-0.15, -0.1) is 22.9 Å². The second-order valence-corrected chi connectivity index (χ2v) is 4.54. The van der Waals surface area contributed by atoms with E-state index in [1.165, 1.54) is 11.3 Å². The normalized spacial score (nSPS) is 10.3. The molecule has 0 saturated heterocycles. The van der Waals surface area contributed by atoms with Gasteiger partial charge in [0.1, 0.15) is 16.5 Å². The number of thiazole rings is 1. The summed E-state index contributed by atoms with van der Waals surface area (Å²) in [6.07, 6.45) is 0. The molecule has 1 heterocycles. The highest BCUT2D eigenvalue weighted by atomic mass is 35.5. The lowest BCUT2D eigenvalue weighted by Crippen LogP contribution is -1.90. The van der Waals surface area contributed by atoms with Crippen molar-refractivity contribution in [3.05, 3.63) is 28.6 Å². The first-order valence-corrected chi connectivity index (χ1v) is 6.42. The van der Waals surface area contributed by atoms with Gasteiger partial charge in [0.2, 0.25) is 0 Å². The van der Waals surface area contributed by atoms with Gasteiger partial charge in [0.25, 0.3) is 0 Å². The Kier molecular flexibility index (Phi) is 3.86. The van der Waals surface area contributed by atoms with Crippen molar-refractivity contribution in [1.82, 2.24) is 4.98 Å². The van der Waals surface area contributed by atoms with Gasteiger partial charge in [0, 0.05) is 10.9 Å². The molecule has 0 amide bonds. The molecule has 0 radical (unpaired) electrons. The molecule has 0 bridgehead atoms. The molecule has 0 aliphatic heterocycles. The number of aromatic nitrogens is 1. The number of methoxy groups -OCH3 is 2. The largest absolute Gasteiger partial charge is 0.497 e. The third-order valence-corrected chi connectivity index (χ3v) is 3.61. The van der Waals surface area contributed by atoms with Crippen LogP contribution in [-0.4, -0.2) is 19.2 Å². The van der Waals surface area contributed by atoms with Crippen LogP contribution in [-0.2, 0) is 5.88 Å². The Hall–Kier alpha value is -1.26. The Labute approximate surface area is 109 Å². The number of halogens is 1. The lowest BCUT2D eigenvalue weighted by atomic mass is 10.1. The average Bonchev–Trinajstić information content (AvgIpc) is 2.86. The van der Waals surface area contributed by atoms with Crippen LogP contribution in [0.2, 0.25) is 0 Å². The summed E-state index contributed by atoms with van der Waals surface area (Å²) < 4.78 is 10.5. The van der Waals surface area contributed by atoms with Gasteiger partial charge in [0.05, 0.1) is 25.8 Å². The highest BCUT2D eigenvalue weighted by Gasteiger charge is 2.11. The van der Waals surface area contributed by atoms with E-state index in [0.29, 0.717) is 5.88 Å². The number of nitrogens with zero attached hydrogens (tertiary/aromatic N) is 1. The van der Waals surface area contributed by atoms with E-state index in [4.69, 9.17) is 21.1 Å². The minimum atomic E-state index is 0.428. The minimum Gasteiger partial charge on any atom is -0.497 e. The Bertz CT molecular complexity index is 513. The van der Waals surface area contributed by atoms with Crippen molar-refractivity contribution >= 4 is 22.9 Å². The molecule has 0 atom stereocenters. The van der Waals surface area contributed by atoms with Crippen molar-refractivity contribution < 1.29 is 9.47 Å². The van der Waals surface area contributed by atoms with Gasteiger partial charge in [-0.05, 0) is 18.2 Å². The Morgan fingerprint density at radius 1 is 1.29 bits per heavy atom. The van der Waals surface area contributed by atoms with Gasteiger partial charge in [-0.3, -0.25) is 0 Å². The molecule has 17 heavy (non-hydrogen) atoms. The number of benzene rings is 1. The SMILES string of the molecule is COc1ccc(OC)c(-c2csc(CCl)n2)c1. The first-order valence-electron chi connectivity index (χ1n) is 5.01. The van der Waals surface area contributed by atoms with Crippen LogP contribution in [0.15, 0.2) is 23.6 Å². The molecule has 2 aromatic rings. The van der Waals surface area contributed by atoms with Crippen molar-refractivity contribution in [2.75, 3.05) is 14.2 Å². The van der Waals surface area contributed by atoms with Gasteiger partial charge in [0.15, 0.2) is 0 Å². The summed E-state index contributed by atoms with van der Waals surface area (Å²) in [5, 5.41) is 2.86. The zero-order chi connectivity index (χ0) is 12.3. The molecule has 0 unspecified atom stereocenters. The van der Waals surface area contributed by atoms with Crippen LogP contribution in [0.5, 0.6) is 11.5 Å². The number of hydrogen-bond donors (Lipinski definition) is 0. The number of hydrogen-bond acceptors (Lipinski definition) is 4. The van der Waals surface area contributed by atoms with Crippen LogP contribution >= 0.6 is 22.9 Å². The summed E-state index contributed by atoms with van der Waals surface area (Å²) in [4.78, 5) is 4.43. The molecule has 3 nitrogen and oxygen atoms in total. The third kappa shape index (κ3) is 2.53. The highest BCUT2D eigenvalue weighted by Crippen LogP contribution is 2.34. The van der Waals surface area contributed by atoms with Crippen LogP contribution in [0.1, 0.15) is 5.01 Å². The molecule has 0 N–H and O–H groups in total. The number of alkyl halides is 1. The van der Waals surface area contributed by atoms with Crippen LogP contribution in [0.4, 0.5) is 0 Å². The zero-order valence-electron chi connectivity index (χ0n) is 9.57. The smallest absolute Gasteiger partial charge is 0.128 e. The van der Waals surface area contributed by atoms with E-state index < -0.39 is 0 Å². The predicted molar refractivity (Wildman–Crippen MR) is 70.2 cm³/mol. The molecule has 1 aromatic heterocycles. The summed E-state index contributed by atoms with van der Waals surface area (Å²) in [5.41, 5.74) is 1.78. The quantitative estimate of drug-likeness (QED) is 0.795. The van der Waals surface area contributed by atoms with Crippen molar-refractivity contribution in [2.24, 2.45) is 0 Å². The topological polar surface area (TPSA) is 31.4 Å². The molecular formula is C12H12ClNO2S. The molecule has 1 aromatic carbocycles. The first-order chi connectivity index (χ1) is 8.28. The fourth-order valence-electron chi connectivity index (χ4n) is 1.51. The lowest BCUT2D eigenvalue weighted by molar-refractivity contribution is 0.404. The van der Waals surface area contributed by atoms with Gasteiger partial charge >= 0.3 is 0 Å². The maximum atomic E-state index is 5.75. The summed E-state index contributed by atoms with van der Waals surface area (Å²) >= 11 is 7.29. The van der Waals surface area contributed by atoms with Gasteiger partial charge in [-0.1, -0.05) is 0 Å². The molecule has 0 fully saturated rings. The monoisotopic (exact) mass is 269 g/mol. The summed E-state index contributed by atoms with van der Waals surface area (Å²) in [6, 6.07) is 5.64. The van der Waals surface area contributed by atoms with Crippen LogP contribution in [0.3, 0.4) is 0 Å². The summed E-state index contributed by atoms with van der Waals surface area (Å²) in [6.45, 7) is 0. The second kappa shape index (κ2) is 5.38. The van der Waals surface area contributed by atoms with E-state index in [1.807, 2.05) is 23.6 Å². The van der Waals surface area contributed by atoms with E-state index in [9.17, 15) is 0 Å². The van der Waals surface area contributed by atoms with Gasteiger partial charge in [-0.25, -0.2) is 4.98 Å². The summed E-state index contributed by atoms with van der Waals surface area (Å²) in [5.74, 6) is 1.98. The molecule has 2 rings (SSSR count). The van der Waals surface area contributed by atoms with Crippen LogP contribution in [0, 0.1) is 0 Å². The van der Waals surface area contributed by atoms with Crippen molar-refractivity contribution in [2.45, 2.75) is 5.88 Å². The molecule has 5 heteroatoms. The summed E-state index contributed by atoms with van der Waals surface area (Å²) in [7, 11) is 3.27. The van der Waals surface area contributed by atoms with E-state index in [2.05, 4.69) is 4.98 Å². The van der Waals surface area contributed by atoms with Crippen LogP contribution in [0.25, 0.3) is 11.3 Å². The maximum Gasteiger partial charge on any atom is 0.128 e. The van der Waals surface area contributed by atoms with E-state index in [0.717, 1.165) is 27.8 Å². The Morgan fingerprint density at radius 2 is 2.12 bits per heavy atom. The standard InChI is InChI=1S/C12H12ClNO2S/c1-15-8-3-4-11(16-2)9(5-8)10-7-17-12(6-13)14-10/h3-5,7H,6H2,1-2H3. The zero-order valence-corrected chi connectivity index (χ0v) is 11.1. The Balaban J connectivity index is 2.47. The highest BCUT2D eigenvalue weighted by molar-refractivity contribution is 7.10. The van der Waals surface area contributed by atoms with E-state index >= 15 is 0 Å². The lowest BCUT2D eigenvalue weighted by Gasteiger charge is -2.08.